The molecule has 33 heavy (non-hydrogen) atoms. The van der Waals surface area contributed by atoms with Gasteiger partial charge in [0.15, 0.2) is 5.65 Å². The molecule has 0 aliphatic rings. The van der Waals surface area contributed by atoms with Gasteiger partial charge in [0.1, 0.15) is 11.3 Å². The molecule has 3 heterocycles. The van der Waals surface area contributed by atoms with Crippen LogP contribution >= 0.6 is 0 Å². The summed E-state index contributed by atoms with van der Waals surface area (Å²) in [7, 11) is 0. The normalized spacial score (nSPS) is 11.9. The Balaban J connectivity index is 1.56. The van der Waals surface area contributed by atoms with E-state index in [1.165, 1.54) is 17.0 Å². The Labute approximate surface area is 182 Å². The number of para-hydroxylation sites is 1. The van der Waals surface area contributed by atoms with Gasteiger partial charge in [-0.2, -0.15) is 23.3 Å². The number of hydrogen-bond donors (Lipinski definition) is 2. The Hall–Kier alpha value is -4.28. The minimum absolute atomic E-state index is 0.00917. The van der Waals surface area contributed by atoms with Gasteiger partial charge in [0.25, 0.3) is 5.56 Å². The highest BCUT2D eigenvalue weighted by Crippen LogP contribution is 2.30. The molecule has 166 valence electrons. The molecule has 11 heteroatoms. The van der Waals surface area contributed by atoms with Gasteiger partial charge in [-0.3, -0.25) is 14.5 Å². The second-order valence-electron chi connectivity index (χ2n) is 7.21. The first-order valence-electron chi connectivity index (χ1n) is 9.73. The number of nitrogens with zero attached hydrogens (tertiary/aromatic N) is 4. The van der Waals surface area contributed by atoms with E-state index < -0.39 is 17.6 Å². The maximum atomic E-state index is 14.2. The molecule has 0 aliphatic carbocycles. The molecule has 2 aromatic carbocycles. The summed E-state index contributed by atoms with van der Waals surface area (Å²) in [5.74, 6) is -0.932. The van der Waals surface area contributed by atoms with Crippen molar-refractivity contribution in [1.82, 2.24) is 24.7 Å². The van der Waals surface area contributed by atoms with Crippen molar-refractivity contribution in [2.45, 2.75) is 12.7 Å². The average molecular weight is 454 g/mol. The van der Waals surface area contributed by atoms with Crippen molar-refractivity contribution in [3.05, 3.63) is 88.2 Å². The van der Waals surface area contributed by atoms with Crippen molar-refractivity contribution in [3.8, 4) is 5.69 Å². The lowest BCUT2D eigenvalue weighted by atomic mass is 10.1. The molecule has 0 bridgehead atoms. The molecule has 0 fully saturated rings. The molecule has 0 radical (unpaired) electrons. The van der Waals surface area contributed by atoms with Crippen LogP contribution in [0.4, 0.5) is 23.5 Å². The van der Waals surface area contributed by atoms with E-state index in [9.17, 15) is 22.4 Å². The summed E-state index contributed by atoms with van der Waals surface area (Å²) in [4.78, 5) is 21.8. The van der Waals surface area contributed by atoms with Gasteiger partial charge in [-0.15, -0.1) is 0 Å². The summed E-state index contributed by atoms with van der Waals surface area (Å²) in [6, 6.07) is 11.2. The van der Waals surface area contributed by atoms with Crippen LogP contribution in [0.5, 0.6) is 0 Å². The minimum atomic E-state index is -4.63. The third kappa shape index (κ3) is 3.67. The standard InChI is InChI=1S/C22H14F4N6O/c23-17-8-13(22(24,25)26)7-6-12(17)9-27-21-28-10-15-18-16(11-29-31-18)20(33)32(19(15)30-21)14-4-2-1-3-5-14/h1-8,10-11H,9H2,(H,29,31)(H,27,28,30). The van der Waals surface area contributed by atoms with Crippen LogP contribution in [-0.4, -0.2) is 24.7 Å². The fourth-order valence-corrected chi connectivity index (χ4v) is 3.53. The van der Waals surface area contributed by atoms with E-state index in [1.807, 2.05) is 6.07 Å². The second-order valence-corrected chi connectivity index (χ2v) is 7.21. The van der Waals surface area contributed by atoms with Crippen LogP contribution in [0.25, 0.3) is 27.6 Å². The highest BCUT2D eigenvalue weighted by atomic mass is 19.4. The topological polar surface area (TPSA) is 88.5 Å². The summed E-state index contributed by atoms with van der Waals surface area (Å²) in [5, 5.41) is 10.5. The lowest BCUT2D eigenvalue weighted by Crippen LogP contribution is -2.20. The largest absolute Gasteiger partial charge is 0.416 e. The van der Waals surface area contributed by atoms with Gasteiger partial charge >= 0.3 is 6.18 Å². The highest BCUT2D eigenvalue weighted by Gasteiger charge is 2.31. The molecule has 5 rings (SSSR count). The molecule has 3 aromatic heterocycles. The van der Waals surface area contributed by atoms with E-state index in [0.29, 0.717) is 28.0 Å². The fourth-order valence-electron chi connectivity index (χ4n) is 3.53. The predicted octanol–water partition coefficient (Wildman–Crippen LogP) is 4.43. The molecule has 0 amide bonds. The van der Waals surface area contributed by atoms with E-state index in [1.54, 1.807) is 24.3 Å². The zero-order chi connectivity index (χ0) is 23.2. The van der Waals surface area contributed by atoms with Gasteiger partial charge in [0, 0.05) is 24.5 Å². The number of alkyl halides is 3. The van der Waals surface area contributed by atoms with Crippen LogP contribution < -0.4 is 10.9 Å². The summed E-state index contributed by atoms with van der Waals surface area (Å²) in [6.45, 7) is -0.157. The van der Waals surface area contributed by atoms with Crippen LogP contribution in [0.15, 0.2) is 65.7 Å². The van der Waals surface area contributed by atoms with Crippen LogP contribution in [0.2, 0.25) is 0 Å². The minimum Gasteiger partial charge on any atom is -0.350 e. The number of anilines is 1. The van der Waals surface area contributed by atoms with E-state index in [-0.39, 0.29) is 29.3 Å². The van der Waals surface area contributed by atoms with Gasteiger partial charge in [0.2, 0.25) is 5.95 Å². The smallest absolute Gasteiger partial charge is 0.350 e. The summed E-state index contributed by atoms with van der Waals surface area (Å²) in [6.07, 6.45) is -1.65. The Morgan fingerprint density at radius 3 is 2.58 bits per heavy atom. The number of fused-ring (bicyclic) bond motifs is 3. The molecule has 0 saturated heterocycles. The van der Waals surface area contributed by atoms with Crippen LogP contribution in [-0.2, 0) is 12.7 Å². The highest BCUT2D eigenvalue weighted by molar-refractivity contribution is 6.02. The van der Waals surface area contributed by atoms with E-state index in [2.05, 4.69) is 25.5 Å². The summed E-state index contributed by atoms with van der Waals surface area (Å²) < 4.78 is 53.9. The molecule has 0 spiro atoms. The van der Waals surface area contributed by atoms with Crippen molar-refractivity contribution in [3.63, 3.8) is 0 Å². The molecule has 5 aromatic rings. The number of aromatic amines is 1. The lowest BCUT2D eigenvalue weighted by Gasteiger charge is -2.12. The van der Waals surface area contributed by atoms with E-state index >= 15 is 0 Å². The molecular formula is C22H14F4N6O. The van der Waals surface area contributed by atoms with E-state index in [0.717, 1.165) is 12.1 Å². The molecule has 7 nitrogen and oxygen atoms in total. The van der Waals surface area contributed by atoms with Gasteiger partial charge in [-0.25, -0.2) is 9.37 Å². The first kappa shape index (κ1) is 20.6. The monoisotopic (exact) mass is 454 g/mol. The number of pyridine rings is 1. The molecule has 0 unspecified atom stereocenters. The maximum absolute atomic E-state index is 14.2. The third-order valence-corrected chi connectivity index (χ3v) is 5.14. The van der Waals surface area contributed by atoms with Crippen molar-refractivity contribution < 1.29 is 17.6 Å². The van der Waals surface area contributed by atoms with Gasteiger partial charge in [-0.1, -0.05) is 24.3 Å². The van der Waals surface area contributed by atoms with Crippen LogP contribution in [0, 0.1) is 5.82 Å². The van der Waals surface area contributed by atoms with Crippen molar-refractivity contribution in [1.29, 1.82) is 0 Å². The van der Waals surface area contributed by atoms with Gasteiger partial charge in [-0.05, 0) is 24.3 Å². The zero-order valence-corrected chi connectivity index (χ0v) is 16.7. The fraction of sp³-hybridized carbons (Fsp3) is 0.0909. The average Bonchev–Trinajstić information content (AvgIpc) is 3.29. The predicted molar refractivity (Wildman–Crippen MR) is 114 cm³/mol. The third-order valence-electron chi connectivity index (χ3n) is 5.14. The Bertz CT molecular complexity index is 1540. The van der Waals surface area contributed by atoms with Gasteiger partial charge in [0.05, 0.1) is 22.0 Å². The summed E-state index contributed by atoms with van der Waals surface area (Å²) in [5.41, 5.74) is -0.140. The Morgan fingerprint density at radius 2 is 1.85 bits per heavy atom. The number of halogens is 4. The number of hydrogen-bond acceptors (Lipinski definition) is 5. The first-order chi connectivity index (χ1) is 15.8. The zero-order valence-electron chi connectivity index (χ0n) is 16.7. The number of benzene rings is 2. The van der Waals surface area contributed by atoms with E-state index in [4.69, 9.17) is 0 Å². The number of rotatable bonds is 4. The number of nitrogens with one attached hydrogen (secondary N) is 2. The number of H-pyrrole nitrogens is 1. The first-order valence-corrected chi connectivity index (χ1v) is 9.73. The summed E-state index contributed by atoms with van der Waals surface area (Å²) >= 11 is 0. The molecular weight excluding hydrogens is 440 g/mol. The van der Waals surface area contributed by atoms with Crippen molar-refractivity contribution in [2.75, 3.05) is 5.32 Å². The van der Waals surface area contributed by atoms with Crippen LogP contribution in [0.3, 0.4) is 0 Å². The van der Waals surface area contributed by atoms with Gasteiger partial charge < -0.3 is 5.32 Å². The van der Waals surface area contributed by atoms with Crippen molar-refractivity contribution in [2.24, 2.45) is 0 Å². The lowest BCUT2D eigenvalue weighted by molar-refractivity contribution is -0.137. The maximum Gasteiger partial charge on any atom is 0.416 e. The SMILES string of the molecule is O=c1c2c[nH]nc2c2cnc(NCc3ccc(C(F)(F)F)cc3F)nc2n1-c1ccccc1. The second kappa shape index (κ2) is 7.69. The quantitative estimate of drug-likeness (QED) is 0.393. The molecule has 0 aliphatic heterocycles. The molecule has 0 atom stereocenters. The Morgan fingerprint density at radius 1 is 1.06 bits per heavy atom. The van der Waals surface area contributed by atoms with Crippen molar-refractivity contribution >= 4 is 27.9 Å². The molecule has 0 saturated carbocycles. The van der Waals surface area contributed by atoms with Crippen LogP contribution in [0.1, 0.15) is 11.1 Å². The Kier molecular flexibility index (Phi) is 4.81. The molecule has 2 N–H and O–H groups in total. The number of aromatic nitrogens is 5.